The van der Waals surface area contributed by atoms with Crippen molar-refractivity contribution in [2.75, 3.05) is 17.2 Å². The van der Waals surface area contributed by atoms with E-state index < -0.39 is 0 Å². The van der Waals surface area contributed by atoms with Crippen molar-refractivity contribution >= 4 is 23.2 Å². The Balaban J connectivity index is 1.64. The second kappa shape index (κ2) is 10.1. The number of amides is 2. The van der Waals surface area contributed by atoms with Crippen LogP contribution in [0.15, 0.2) is 78.9 Å². The lowest BCUT2D eigenvalue weighted by molar-refractivity contribution is 0.101. The molecular weight excluding hydrogens is 364 g/mol. The number of carbonyl (C=O) groups excluding carboxylic acids is 2. The van der Waals surface area contributed by atoms with Gasteiger partial charge in [-0.3, -0.25) is 9.59 Å². The maximum absolute atomic E-state index is 12.6. The Hall–Kier alpha value is -3.60. The number of anilines is 2. The average molecular weight is 388 g/mol. The zero-order valence-corrected chi connectivity index (χ0v) is 16.4. The van der Waals surface area contributed by atoms with Crippen molar-refractivity contribution in [1.29, 1.82) is 0 Å². The summed E-state index contributed by atoms with van der Waals surface area (Å²) in [6, 6.07) is 23.1. The van der Waals surface area contributed by atoms with Gasteiger partial charge in [0.1, 0.15) is 5.75 Å². The van der Waals surface area contributed by atoms with Crippen molar-refractivity contribution in [2.24, 2.45) is 0 Å². The lowest BCUT2D eigenvalue weighted by Gasteiger charge is -2.10. The number of benzene rings is 3. The highest BCUT2D eigenvalue weighted by Gasteiger charge is 2.09. The van der Waals surface area contributed by atoms with Crippen molar-refractivity contribution in [3.8, 4) is 5.75 Å². The smallest absolute Gasteiger partial charge is 0.255 e. The molecule has 3 aromatic rings. The summed E-state index contributed by atoms with van der Waals surface area (Å²) >= 11 is 0. The van der Waals surface area contributed by atoms with E-state index in [4.69, 9.17) is 4.74 Å². The fourth-order valence-electron chi connectivity index (χ4n) is 2.73. The molecule has 3 aromatic carbocycles. The summed E-state index contributed by atoms with van der Waals surface area (Å²) in [5.74, 6) is 0.235. The number of nitrogens with one attached hydrogen (secondary N) is 2. The summed E-state index contributed by atoms with van der Waals surface area (Å²) in [5.41, 5.74) is 2.28. The summed E-state index contributed by atoms with van der Waals surface area (Å²) in [4.78, 5) is 24.9. The van der Waals surface area contributed by atoms with Gasteiger partial charge in [-0.05, 0) is 55.0 Å². The highest BCUT2D eigenvalue weighted by atomic mass is 16.5. The summed E-state index contributed by atoms with van der Waals surface area (Å²) in [7, 11) is 0. The minimum atomic E-state index is -0.238. The lowest BCUT2D eigenvalue weighted by atomic mass is 10.2. The summed E-state index contributed by atoms with van der Waals surface area (Å²) in [6.45, 7) is 2.73. The molecule has 5 heteroatoms. The molecule has 0 aliphatic rings. The van der Waals surface area contributed by atoms with E-state index in [1.165, 1.54) is 0 Å². The largest absolute Gasteiger partial charge is 0.494 e. The molecule has 2 amide bonds. The molecule has 29 heavy (non-hydrogen) atoms. The Kier molecular flexibility index (Phi) is 7.00. The second-order valence-electron chi connectivity index (χ2n) is 6.58. The average Bonchev–Trinajstić information content (AvgIpc) is 2.75. The predicted molar refractivity (Wildman–Crippen MR) is 116 cm³/mol. The van der Waals surface area contributed by atoms with Crippen LogP contribution in [0.1, 0.15) is 40.5 Å². The third-order valence-corrected chi connectivity index (χ3v) is 4.28. The molecular formula is C24H24N2O3. The molecule has 0 bridgehead atoms. The SMILES string of the molecule is CCCCOc1cccc(C(=O)Nc2cccc(NC(=O)c3ccccc3)c2)c1. The molecule has 0 radical (unpaired) electrons. The van der Waals surface area contributed by atoms with Gasteiger partial charge in [0.05, 0.1) is 6.61 Å². The number of rotatable bonds is 8. The van der Waals surface area contributed by atoms with Gasteiger partial charge in [0.15, 0.2) is 0 Å². The number of ether oxygens (including phenoxy) is 1. The van der Waals surface area contributed by atoms with Gasteiger partial charge in [0, 0.05) is 22.5 Å². The second-order valence-corrected chi connectivity index (χ2v) is 6.58. The normalized spacial score (nSPS) is 10.2. The minimum absolute atomic E-state index is 0.203. The standard InChI is InChI=1S/C24H24N2O3/c1-2-3-15-29-22-14-7-11-19(16-22)24(28)26-21-13-8-12-20(17-21)25-23(27)18-9-5-4-6-10-18/h4-14,16-17H,2-3,15H2,1H3,(H,25,27)(H,26,28). The number of carbonyl (C=O) groups is 2. The van der Waals surface area contributed by atoms with Crippen LogP contribution in [0, 0.1) is 0 Å². The van der Waals surface area contributed by atoms with Gasteiger partial charge in [-0.1, -0.05) is 43.7 Å². The maximum Gasteiger partial charge on any atom is 0.255 e. The number of hydrogen-bond donors (Lipinski definition) is 2. The molecule has 0 aliphatic heterocycles. The first-order valence-electron chi connectivity index (χ1n) is 9.66. The first-order chi connectivity index (χ1) is 14.2. The van der Waals surface area contributed by atoms with E-state index in [2.05, 4.69) is 17.6 Å². The van der Waals surface area contributed by atoms with Crippen LogP contribution in [0.4, 0.5) is 11.4 Å². The first kappa shape index (κ1) is 20.1. The van der Waals surface area contributed by atoms with Crippen LogP contribution in [0.25, 0.3) is 0 Å². The van der Waals surface area contributed by atoms with Crippen LogP contribution in [0.5, 0.6) is 5.75 Å². The van der Waals surface area contributed by atoms with Crippen LogP contribution in [0.2, 0.25) is 0 Å². The zero-order valence-electron chi connectivity index (χ0n) is 16.4. The molecule has 0 heterocycles. The quantitative estimate of drug-likeness (QED) is 0.510. The van der Waals surface area contributed by atoms with Crippen molar-refractivity contribution in [1.82, 2.24) is 0 Å². The molecule has 5 nitrogen and oxygen atoms in total. The summed E-state index contributed by atoms with van der Waals surface area (Å²) in [5, 5.41) is 5.70. The minimum Gasteiger partial charge on any atom is -0.494 e. The number of hydrogen-bond acceptors (Lipinski definition) is 3. The van der Waals surface area contributed by atoms with E-state index in [0.717, 1.165) is 12.8 Å². The molecule has 0 aromatic heterocycles. The molecule has 0 spiro atoms. The molecule has 0 atom stereocenters. The fourth-order valence-corrected chi connectivity index (χ4v) is 2.73. The lowest BCUT2D eigenvalue weighted by Crippen LogP contribution is -2.14. The van der Waals surface area contributed by atoms with E-state index in [1.807, 2.05) is 24.3 Å². The Morgan fingerprint density at radius 3 is 2.07 bits per heavy atom. The topological polar surface area (TPSA) is 67.4 Å². The van der Waals surface area contributed by atoms with Crippen LogP contribution < -0.4 is 15.4 Å². The number of unbranched alkanes of at least 4 members (excludes halogenated alkanes) is 1. The maximum atomic E-state index is 12.6. The van der Waals surface area contributed by atoms with Crippen molar-refractivity contribution in [2.45, 2.75) is 19.8 Å². The Morgan fingerprint density at radius 2 is 1.38 bits per heavy atom. The molecule has 0 unspecified atom stereocenters. The van der Waals surface area contributed by atoms with Gasteiger partial charge in [0.2, 0.25) is 0 Å². The molecule has 0 aliphatic carbocycles. The molecule has 2 N–H and O–H groups in total. The van der Waals surface area contributed by atoms with Crippen LogP contribution in [-0.4, -0.2) is 18.4 Å². The van der Waals surface area contributed by atoms with E-state index in [-0.39, 0.29) is 11.8 Å². The van der Waals surface area contributed by atoms with Gasteiger partial charge in [-0.25, -0.2) is 0 Å². The molecule has 0 fully saturated rings. The highest BCUT2D eigenvalue weighted by Crippen LogP contribution is 2.19. The highest BCUT2D eigenvalue weighted by molar-refractivity contribution is 6.06. The van der Waals surface area contributed by atoms with Crippen molar-refractivity contribution in [3.05, 3.63) is 90.0 Å². The first-order valence-corrected chi connectivity index (χ1v) is 9.66. The van der Waals surface area contributed by atoms with Gasteiger partial charge in [-0.2, -0.15) is 0 Å². The van der Waals surface area contributed by atoms with Gasteiger partial charge < -0.3 is 15.4 Å². The van der Waals surface area contributed by atoms with Gasteiger partial charge in [-0.15, -0.1) is 0 Å². The van der Waals surface area contributed by atoms with E-state index >= 15 is 0 Å². The van der Waals surface area contributed by atoms with Crippen molar-refractivity contribution in [3.63, 3.8) is 0 Å². The Labute approximate surface area is 170 Å². The fraction of sp³-hybridized carbons (Fsp3) is 0.167. The summed E-state index contributed by atoms with van der Waals surface area (Å²) in [6.07, 6.45) is 2.02. The summed E-state index contributed by atoms with van der Waals surface area (Å²) < 4.78 is 5.66. The van der Waals surface area contributed by atoms with Gasteiger partial charge >= 0.3 is 0 Å². The van der Waals surface area contributed by atoms with Gasteiger partial charge in [0.25, 0.3) is 11.8 Å². The van der Waals surface area contributed by atoms with Crippen LogP contribution in [-0.2, 0) is 0 Å². The van der Waals surface area contributed by atoms with Crippen molar-refractivity contribution < 1.29 is 14.3 Å². The third kappa shape index (κ3) is 5.94. The van der Waals surface area contributed by atoms with E-state index in [1.54, 1.807) is 54.6 Å². The molecule has 0 saturated carbocycles. The predicted octanol–water partition coefficient (Wildman–Crippen LogP) is 5.37. The molecule has 0 saturated heterocycles. The Bertz CT molecular complexity index is 971. The Morgan fingerprint density at radius 1 is 0.759 bits per heavy atom. The van der Waals surface area contributed by atoms with E-state index in [9.17, 15) is 9.59 Å². The van der Waals surface area contributed by atoms with E-state index in [0.29, 0.717) is 34.9 Å². The molecule has 3 rings (SSSR count). The monoisotopic (exact) mass is 388 g/mol. The van der Waals surface area contributed by atoms with Crippen LogP contribution >= 0.6 is 0 Å². The van der Waals surface area contributed by atoms with Crippen LogP contribution in [0.3, 0.4) is 0 Å². The molecule has 148 valence electrons. The zero-order chi connectivity index (χ0) is 20.5. The third-order valence-electron chi connectivity index (χ3n) is 4.28.